The van der Waals surface area contributed by atoms with E-state index in [9.17, 15) is 13.6 Å². The zero-order valence-corrected chi connectivity index (χ0v) is 16.8. The molecule has 0 spiro atoms. The van der Waals surface area contributed by atoms with Gasteiger partial charge in [0.2, 0.25) is 0 Å². The topological polar surface area (TPSA) is 59.0 Å². The van der Waals surface area contributed by atoms with Crippen LogP contribution in [-0.2, 0) is 11.3 Å². The van der Waals surface area contributed by atoms with Crippen LogP contribution in [0.15, 0.2) is 60.7 Å². The van der Waals surface area contributed by atoms with E-state index in [2.05, 4.69) is 0 Å². The number of carbonyl (C=O) groups is 1. The van der Waals surface area contributed by atoms with Crippen LogP contribution < -0.4 is 9.64 Å². The third kappa shape index (κ3) is 4.36. The molecule has 1 saturated heterocycles. The molecule has 1 heterocycles. The molecule has 1 N–H and O–H groups in total. The van der Waals surface area contributed by atoms with Gasteiger partial charge in [0.05, 0.1) is 32.4 Å². The predicted molar refractivity (Wildman–Crippen MR) is 112 cm³/mol. The van der Waals surface area contributed by atoms with Crippen LogP contribution in [0.4, 0.5) is 14.5 Å². The van der Waals surface area contributed by atoms with E-state index in [1.165, 1.54) is 19.2 Å². The van der Waals surface area contributed by atoms with Gasteiger partial charge in [-0.3, -0.25) is 0 Å². The molecule has 0 unspecified atom stereocenters. The summed E-state index contributed by atoms with van der Waals surface area (Å²) < 4.78 is 38.6. The van der Waals surface area contributed by atoms with Gasteiger partial charge in [0.25, 0.3) is 0 Å². The van der Waals surface area contributed by atoms with Crippen LogP contribution in [0.1, 0.15) is 15.9 Å². The Bertz CT molecular complexity index is 1070. The average Bonchev–Trinajstić information content (AvgIpc) is 2.74. The standard InChI is InChI=1S/C24H21F2NO4/c1-30-24(29)21-3-2-4-22(23(21)16-9-17(25)11-18(26)10-16)27-12-20(13-27)31-19-7-5-15(14-28)6-8-19/h2-11,20,28H,12-14H2,1H3. The normalized spacial score (nSPS) is 13.6. The fourth-order valence-corrected chi connectivity index (χ4v) is 3.66. The Morgan fingerprint density at radius 2 is 1.74 bits per heavy atom. The number of aliphatic hydroxyl groups is 1. The van der Waals surface area contributed by atoms with Crippen LogP contribution >= 0.6 is 0 Å². The number of rotatable bonds is 6. The van der Waals surface area contributed by atoms with Crippen molar-refractivity contribution >= 4 is 11.7 Å². The summed E-state index contributed by atoms with van der Waals surface area (Å²) in [6.45, 7) is 1.05. The highest BCUT2D eigenvalue weighted by molar-refractivity contribution is 6.01. The van der Waals surface area contributed by atoms with Crippen molar-refractivity contribution < 1.29 is 28.2 Å². The van der Waals surface area contributed by atoms with Crippen LogP contribution in [0.5, 0.6) is 5.75 Å². The van der Waals surface area contributed by atoms with Crippen molar-refractivity contribution in [3.8, 4) is 16.9 Å². The van der Waals surface area contributed by atoms with E-state index in [1.807, 2.05) is 4.90 Å². The van der Waals surface area contributed by atoms with Crippen molar-refractivity contribution in [1.82, 2.24) is 0 Å². The van der Waals surface area contributed by atoms with Gasteiger partial charge in [-0.1, -0.05) is 18.2 Å². The van der Waals surface area contributed by atoms with Gasteiger partial charge < -0.3 is 19.5 Å². The SMILES string of the molecule is COC(=O)c1cccc(N2CC(Oc3ccc(CO)cc3)C2)c1-c1cc(F)cc(F)c1. The number of methoxy groups -OCH3 is 1. The average molecular weight is 425 g/mol. The molecule has 31 heavy (non-hydrogen) atoms. The van der Waals surface area contributed by atoms with Crippen LogP contribution in [0.2, 0.25) is 0 Å². The minimum Gasteiger partial charge on any atom is -0.487 e. The van der Waals surface area contributed by atoms with E-state index in [0.29, 0.717) is 30.1 Å². The lowest BCUT2D eigenvalue weighted by molar-refractivity contribution is 0.0601. The van der Waals surface area contributed by atoms with Crippen molar-refractivity contribution in [3.63, 3.8) is 0 Å². The number of hydrogen-bond acceptors (Lipinski definition) is 5. The van der Waals surface area contributed by atoms with Gasteiger partial charge in [0.15, 0.2) is 0 Å². The van der Waals surface area contributed by atoms with E-state index in [4.69, 9.17) is 14.6 Å². The highest BCUT2D eigenvalue weighted by atomic mass is 19.1. The maximum atomic E-state index is 13.9. The second-order valence-electron chi connectivity index (χ2n) is 7.30. The van der Waals surface area contributed by atoms with Gasteiger partial charge in [0.1, 0.15) is 23.5 Å². The highest BCUT2D eigenvalue weighted by Crippen LogP contribution is 2.38. The molecular weight excluding hydrogens is 404 g/mol. The first kappa shape index (κ1) is 20.8. The van der Waals surface area contributed by atoms with E-state index in [-0.39, 0.29) is 23.8 Å². The van der Waals surface area contributed by atoms with E-state index >= 15 is 0 Å². The largest absolute Gasteiger partial charge is 0.487 e. The number of anilines is 1. The van der Waals surface area contributed by atoms with Crippen molar-refractivity contribution in [1.29, 1.82) is 0 Å². The molecule has 160 valence electrons. The summed E-state index contributed by atoms with van der Waals surface area (Å²) in [5.41, 5.74) is 2.38. The number of carbonyl (C=O) groups excluding carboxylic acids is 1. The molecule has 0 amide bonds. The molecule has 3 aromatic rings. The first-order valence-electron chi connectivity index (χ1n) is 9.77. The van der Waals surface area contributed by atoms with Gasteiger partial charge in [-0.2, -0.15) is 0 Å². The van der Waals surface area contributed by atoms with E-state index in [1.54, 1.807) is 42.5 Å². The van der Waals surface area contributed by atoms with Gasteiger partial charge in [-0.05, 0) is 47.5 Å². The van der Waals surface area contributed by atoms with Crippen LogP contribution in [0.25, 0.3) is 11.1 Å². The Morgan fingerprint density at radius 3 is 2.35 bits per heavy atom. The number of aliphatic hydroxyl groups excluding tert-OH is 1. The fourth-order valence-electron chi connectivity index (χ4n) is 3.66. The minimum atomic E-state index is -0.725. The summed E-state index contributed by atoms with van der Waals surface area (Å²) >= 11 is 0. The van der Waals surface area contributed by atoms with Gasteiger partial charge in [-0.15, -0.1) is 0 Å². The fraction of sp³-hybridized carbons (Fsp3) is 0.208. The quantitative estimate of drug-likeness (QED) is 0.601. The third-order valence-electron chi connectivity index (χ3n) is 5.20. The maximum Gasteiger partial charge on any atom is 0.338 e. The Morgan fingerprint density at radius 1 is 1.06 bits per heavy atom. The zero-order chi connectivity index (χ0) is 22.0. The van der Waals surface area contributed by atoms with Gasteiger partial charge >= 0.3 is 5.97 Å². The molecule has 1 aliphatic rings. The second-order valence-corrected chi connectivity index (χ2v) is 7.30. The first-order valence-corrected chi connectivity index (χ1v) is 9.77. The first-order chi connectivity index (χ1) is 15.0. The molecule has 0 aliphatic carbocycles. The van der Waals surface area contributed by atoms with E-state index < -0.39 is 17.6 Å². The summed E-state index contributed by atoms with van der Waals surface area (Å²) in [7, 11) is 1.26. The molecule has 0 radical (unpaired) electrons. The lowest BCUT2D eigenvalue weighted by Crippen LogP contribution is -2.54. The van der Waals surface area contributed by atoms with Crippen molar-refractivity contribution in [2.75, 3.05) is 25.1 Å². The van der Waals surface area contributed by atoms with Gasteiger partial charge in [-0.25, -0.2) is 13.6 Å². The smallest absolute Gasteiger partial charge is 0.338 e. The maximum absolute atomic E-state index is 13.9. The van der Waals surface area contributed by atoms with Crippen LogP contribution in [0.3, 0.4) is 0 Å². The summed E-state index contributed by atoms with van der Waals surface area (Å²) in [6, 6.07) is 15.5. The number of ether oxygens (including phenoxy) is 2. The van der Waals surface area contributed by atoms with E-state index in [0.717, 1.165) is 11.6 Å². The van der Waals surface area contributed by atoms with Gasteiger partial charge in [0, 0.05) is 17.3 Å². The predicted octanol–water partition coefficient (Wildman–Crippen LogP) is 4.18. The Kier molecular flexibility index (Phi) is 5.86. The number of benzene rings is 3. The number of esters is 1. The summed E-state index contributed by atoms with van der Waals surface area (Å²) in [4.78, 5) is 14.3. The lowest BCUT2D eigenvalue weighted by atomic mass is 9.95. The molecule has 0 bridgehead atoms. The molecule has 0 saturated carbocycles. The molecule has 7 heteroatoms. The lowest BCUT2D eigenvalue weighted by Gasteiger charge is -2.41. The summed E-state index contributed by atoms with van der Waals surface area (Å²) in [6.07, 6.45) is -0.0844. The van der Waals surface area contributed by atoms with Crippen LogP contribution in [-0.4, -0.2) is 37.4 Å². The van der Waals surface area contributed by atoms with Crippen molar-refractivity contribution in [3.05, 3.63) is 83.4 Å². The molecule has 1 aliphatic heterocycles. The second kappa shape index (κ2) is 8.73. The molecule has 0 aromatic heterocycles. The number of halogens is 2. The Labute approximate surface area is 178 Å². The zero-order valence-electron chi connectivity index (χ0n) is 16.8. The van der Waals surface area contributed by atoms with Crippen LogP contribution in [0, 0.1) is 11.6 Å². The minimum absolute atomic E-state index is 0.0303. The summed E-state index contributed by atoms with van der Waals surface area (Å²) in [5, 5.41) is 9.13. The van der Waals surface area contributed by atoms with Crippen molar-refractivity contribution in [2.24, 2.45) is 0 Å². The third-order valence-corrected chi connectivity index (χ3v) is 5.20. The Balaban J connectivity index is 1.60. The molecule has 3 aromatic carbocycles. The number of hydrogen-bond donors (Lipinski definition) is 1. The highest BCUT2D eigenvalue weighted by Gasteiger charge is 2.32. The molecule has 1 fully saturated rings. The molecule has 0 atom stereocenters. The monoisotopic (exact) mass is 425 g/mol. The molecule has 5 nitrogen and oxygen atoms in total. The summed E-state index contributed by atoms with van der Waals surface area (Å²) in [5.74, 6) is -1.34. The Hall–Kier alpha value is -3.45. The van der Waals surface area contributed by atoms with Crippen molar-refractivity contribution in [2.45, 2.75) is 12.7 Å². The molecular formula is C24H21F2NO4. The molecule has 4 rings (SSSR count). The number of nitrogens with zero attached hydrogens (tertiary/aromatic N) is 1.